The third kappa shape index (κ3) is 4.20. The first kappa shape index (κ1) is 21.1. The van der Waals surface area contributed by atoms with E-state index in [9.17, 15) is 18.4 Å². The lowest BCUT2D eigenvalue weighted by Crippen LogP contribution is -2.05. The second kappa shape index (κ2) is 9.27. The maximum Gasteiger partial charge on any atom is 0.142 e. The molecule has 0 atom stereocenters. The summed E-state index contributed by atoms with van der Waals surface area (Å²) in [6, 6.07) is 12.1. The van der Waals surface area contributed by atoms with Crippen molar-refractivity contribution in [2.24, 2.45) is 0 Å². The van der Waals surface area contributed by atoms with Crippen molar-refractivity contribution in [3.05, 3.63) is 83.7 Å². The lowest BCUT2D eigenvalue weighted by atomic mass is 9.94. The predicted molar refractivity (Wildman–Crippen MR) is 116 cm³/mol. The molecule has 152 valence electrons. The Labute approximate surface area is 174 Å². The van der Waals surface area contributed by atoms with E-state index in [2.05, 4.69) is 0 Å². The number of aromatic nitrogens is 1. The molecule has 0 aliphatic heterocycles. The van der Waals surface area contributed by atoms with E-state index in [0.29, 0.717) is 12.6 Å². The van der Waals surface area contributed by atoms with Gasteiger partial charge in [0.05, 0.1) is 11.4 Å². The Hall–Kier alpha value is -3.60. The second-order valence-electron chi connectivity index (χ2n) is 6.99. The number of halogens is 2. The molecule has 0 saturated carbocycles. The van der Waals surface area contributed by atoms with E-state index in [1.54, 1.807) is 36.4 Å². The molecule has 3 aromatic rings. The summed E-state index contributed by atoms with van der Waals surface area (Å²) in [5.41, 5.74) is 4.46. The molecule has 2 aromatic carbocycles. The van der Waals surface area contributed by atoms with Gasteiger partial charge in [-0.25, -0.2) is 8.78 Å². The molecule has 0 aliphatic rings. The van der Waals surface area contributed by atoms with Crippen molar-refractivity contribution >= 4 is 24.7 Å². The zero-order chi connectivity index (χ0) is 21.7. The maximum atomic E-state index is 13.6. The van der Waals surface area contributed by atoms with Gasteiger partial charge in [0.25, 0.3) is 0 Å². The van der Waals surface area contributed by atoms with Crippen LogP contribution < -0.4 is 0 Å². The van der Waals surface area contributed by atoms with E-state index in [1.165, 1.54) is 36.4 Å². The van der Waals surface area contributed by atoms with Crippen LogP contribution in [0.4, 0.5) is 8.78 Å². The molecule has 1 heterocycles. The summed E-state index contributed by atoms with van der Waals surface area (Å²) in [4.78, 5) is 22.2. The predicted octanol–water partition coefficient (Wildman–Crippen LogP) is 6.11. The van der Waals surface area contributed by atoms with Gasteiger partial charge in [-0.2, -0.15) is 0 Å². The first-order chi connectivity index (χ1) is 14.5. The average molecular weight is 405 g/mol. The molecule has 30 heavy (non-hydrogen) atoms. The number of carbonyl (C=O) groups excluding carboxylic acids is 2. The normalized spacial score (nSPS) is 11.6. The first-order valence-corrected chi connectivity index (χ1v) is 9.51. The van der Waals surface area contributed by atoms with Gasteiger partial charge in [-0.3, -0.25) is 9.59 Å². The van der Waals surface area contributed by atoms with Crippen molar-refractivity contribution in [2.45, 2.75) is 19.9 Å². The highest BCUT2D eigenvalue weighted by Crippen LogP contribution is 2.43. The molecular weight excluding hydrogens is 384 g/mol. The fraction of sp³-hybridized carbons (Fsp3) is 0.120. The van der Waals surface area contributed by atoms with Gasteiger partial charge in [-0.05, 0) is 73.5 Å². The van der Waals surface area contributed by atoms with E-state index in [1.807, 2.05) is 18.4 Å². The summed E-state index contributed by atoms with van der Waals surface area (Å²) >= 11 is 0. The van der Waals surface area contributed by atoms with Gasteiger partial charge in [0.2, 0.25) is 0 Å². The zero-order valence-electron chi connectivity index (χ0n) is 16.7. The number of aldehydes is 2. The number of hydrogen-bond acceptors (Lipinski definition) is 2. The largest absolute Gasteiger partial charge is 0.338 e. The monoisotopic (exact) mass is 405 g/mol. The van der Waals surface area contributed by atoms with Gasteiger partial charge in [-0.1, -0.05) is 24.3 Å². The van der Waals surface area contributed by atoms with Crippen molar-refractivity contribution in [2.75, 3.05) is 0 Å². The molecule has 0 N–H and O–H groups in total. The van der Waals surface area contributed by atoms with Crippen LogP contribution in [0.5, 0.6) is 0 Å². The van der Waals surface area contributed by atoms with Crippen LogP contribution in [0.25, 0.3) is 34.4 Å². The number of nitrogens with zero attached hydrogens (tertiary/aromatic N) is 1. The van der Waals surface area contributed by atoms with Crippen molar-refractivity contribution in [1.82, 2.24) is 4.57 Å². The fourth-order valence-electron chi connectivity index (χ4n) is 3.59. The lowest BCUT2D eigenvalue weighted by Gasteiger charge is -2.15. The van der Waals surface area contributed by atoms with Crippen LogP contribution in [0.15, 0.2) is 60.7 Å². The number of hydrogen-bond donors (Lipinski definition) is 0. The summed E-state index contributed by atoms with van der Waals surface area (Å²) in [7, 11) is 0. The van der Waals surface area contributed by atoms with Gasteiger partial charge in [0.1, 0.15) is 24.2 Å². The van der Waals surface area contributed by atoms with Crippen LogP contribution in [-0.4, -0.2) is 17.1 Å². The third-order valence-electron chi connectivity index (χ3n) is 4.73. The molecule has 0 fully saturated rings. The summed E-state index contributed by atoms with van der Waals surface area (Å²) in [5.74, 6) is -0.729. The molecule has 0 bridgehead atoms. The summed E-state index contributed by atoms with van der Waals surface area (Å²) < 4.78 is 29.2. The second-order valence-corrected chi connectivity index (χ2v) is 6.99. The molecule has 3 nitrogen and oxygen atoms in total. The van der Waals surface area contributed by atoms with E-state index >= 15 is 0 Å². The van der Waals surface area contributed by atoms with Crippen molar-refractivity contribution in [3.8, 4) is 22.3 Å². The van der Waals surface area contributed by atoms with Gasteiger partial charge in [0, 0.05) is 17.2 Å². The van der Waals surface area contributed by atoms with Crippen molar-refractivity contribution in [3.63, 3.8) is 0 Å². The average Bonchev–Trinajstić information content (AvgIpc) is 3.06. The van der Waals surface area contributed by atoms with E-state index in [-0.39, 0.29) is 17.7 Å². The quantitative estimate of drug-likeness (QED) is 0.352. The SMILES string of the molecule is CC(C)n1c(/C=C/C=O)c(-c2ccc(F)cc2)c(-c2ccc(F)cc2)c1/C=C/C=O. The van der Waals surface area contributed by atoms with Crippen LogP contribution in [0, 0.1) is 11.6 Å². The molecule has 0 spiro atoms. The Kier molecular flexibility index (Phi) is 6.52. The van der Waals surface area contributed by atoms with Crippen molar-refractivity contribution in [1.29, 1.82) is 0 Å². The van der Waals surface area contributed by atoms with E-state index < -0.39 is 0 Å². The minimum atomic E-state index is -0.364. The Morgan fingerprint density at radius 2 is 1.07 bits per heavy atom. The topological polar surface area (TPSA) is 39.1 Å². The molecule has 5 heteroatoms. The summed E-state index contributed by atoms with van der Waals surface area (Å²) in [6.07, 6.45) is 7.54. The van der Waals surface area contributed by atoms with E-state index in [0.717, 1.165) is 33.6 Å². The van der Waals surface area contributed by atoms with Crippen molar-refractivity contribution < 1.29 is 18.4 Å². The van der Waals surface area contributed by atoms with Gasteiger partial charge >= 0.3 is 0 Å². The standard InChI is InChI=1S/C25H21F2NO2/c1-17(2)28-22(5-3-15-29)24(18-7-11-20(26)12-8-18)25(23(28)6-4-16-30)19-9-13-21(27)14-10-19/h3-17H,1-2H3/b5-3+,6-4+. The minimum Gasteiger partial charge on any atom is -0.338 e. The van der Waals surface area contributed by atoms with Crippen LogP contribution in [0.2, 0.25) is 0 Å². The van der Waals surface area contributed by atoms with Gasteiger partial charge < -0.3 is 4.57 Å². The lowest BCUT2D eigenvalue weighted by molar-refractivity contribution is -0.104. The number of allylic oxidation sites excluding steroid dienone is 2. The molecular formula is C25H21F2NO2. The molecule has 0 radical (unpaired) electrons. The van der Waals surface area contributed by atoms with Crippen LogP contribution >= 0.6 is 0 Å². The first-order valence-electron chi connectivity index (χ1n) is 9.51. The number of benzene rings is 2. The molecule has 1 aromatic heterocycles. The Balaban J connectivity index is 2.49. The number of rotatable bonds is 7. The molecule has 0 amide bonds. The molecule has 0 unspecified atom stereocenters. The minimum absolute atomic E-state index is 0.0176. The highest BCUT2D eigenvalue weighted by Gasteiger charge is 2.24. The Bertz CT molecular complexity index is 1020. The van der Waals surface area contributed by atoms with Crippen LogP contribution in [0.1, 0.15) is 31.3 Å². The zero-order valence-corrected chi connectivity index (χ0v) is 16.7. The highest BCUT2D eigenvalue weighted by molar-refractivity contribution is 5.96. The van der Waals surface area contributed by atoms with Gasteiger partial charge in [-0.15, -0.1) is 0 Å². The van der Waals surface area contributed by atoms with Crippen LogP contribution in [0.3, 0.4) is 0 Å². The Morgan fingerprint density at radius 1 is 0.700 bits per heavy atom. The fourth-order valence-corrected chi connectivity index (χ4v) is 3.59. The number of carbonyl (C=O) groups is 2. The maximum absolute atomic E-state index is 13.6. The molecule has 0 saturated heterocycles. The van der Waals surface area contributed by atoms with E-state index in [4.69, 9.17) is 0 Å². The third-order valence-corrected chi connectivity index (χ3v) is 4.73. The van der Waals surface area contributed by atoms with Crippen LogP contribution in [-0.2, 0) is 9.59 Å². The highest BCUT2D eigenvalue weighted by atomic mass is 19.1. The summed E-state index contributed by atoms with van der Waals surface area (Å²) in [5, 5.41) is 0. The Morgan fingerprint density at radius 3 is 1.37 bits per heavy atom. The smallest absolute Gasteiger partial charge is 0.142 e. The molecule has 3 rings (SSSR count). The molecule has 0 aliphatic carbocycles. The summed E-state index contributed by atoms with van der Waals surface area (Å²) in [6.45, 7) is 3.97. The van der Waals surface area contributed by atoms with Gasteiger partial charge in [0.15, 0.2) is 0 Å².